The SMILES string of the molecule is O=C(c1ccc2occc2c1)N1CCC[C@@H](Cc2nc3ccccc3[nH]2)C1. The van der Waals surface area contributed by atoms with Crippen LogP contribution in [0.15, 0.2) is 59.2 Å². The average Bonchev–Trinajstić information content (AvgIpc) is 3.33. The number of imidazole rings is 1. The number of aromatic amines is 1. The molecule has 3 heterocycles. The lowest BCUT2D eigenvalue weighted by molar-refractivity contribution is 0.0672. The molecule has 1 N–H and O–H groups in total. The van der Waals surface area contributed by atoms with Gasteiger partial charge in [0, 0.05) is 30.5 Å². The molecule has 5 heteroatoms. The van der Waals surface area contributed by atoms with Crippen molar-refractivity contribution in [3.05, 3.63) is 66.2 Å². The fourth-order valence-electron chi connectivity index (χ4n) is 4.07. The number of para-hydroxylation sites is 2. The molecule has 1 fully saturated rings. The zero-order chi connectivity index (χ0) is 18.2. The summed E-state index contributed by atoms with van der Waals surface area (Å²) in [6, 6.07) is 15.6. The maximum Gasteiger partial charge on any atom is 0.253 e. The van der Waals surface area contributed by atoms with E-state index in [9.17, 15) is 4.79 Å². The van der Waals surface area contributed by atoms with Crippen molar-refractivity contribution in [3.63, 3.8) is 0 Å². The van der Waals surface area contributed by atoms with Gasteiger partial charge in [-0.2, -0.15) is 0 Å². The molecular formula is C22H21N3O2. The van der Waals surface area contributed by atoms with Gasteiger partial charge in [-0.25, -0.2) is 4.98 Å². The molecule has 5 nitrogen and oxygen atoms in total. The first-order chi connectivity index (χ1) is 13.3. The van der Waals surface area contributed by atoms with Crippen molar-refractivity contribution in [1.29, 1.82) is 0 Å². The number of hydrogen-bond acceptors (Lipinski definition) is 3. The molecular weight excluding hydrogens is 338 g/mol. The van der Waals surface area contributed by atoms with Crippen molar-refractivity contribution < 1.29 is 9.21 Å². The number of hydrogen-bond donors (Lipinski definition) is 1. The molecule has 0 bridgehead atoms. The van der Waals surface area contributed by atoms with Crippen LogP contribution in [0.1, 0.15) is 29.0 Å². The van der Waals surface area contributed by atoms with Gasteiger partial charge in [-0.15, -0.1) is 0 Å². The third-order valence-electron chi connectivity index (χ3n) is 5.43. The van der Waals surface area contributed by atoms with Crippen molar-refractivity contribution in [2.24, 2.45) is 5.92 Å². The van der Waals surface area contributed by atoms with Crippen molar-refractivity contribution in [2.45, 2.75) is 19.3 Å². The third-order valence-corrected chi connectivity index (χ3v) is 5.43. The molecule has 1 atom stereocenters. The number of nitrogens with one attached hydrogen (secondary N) is 1. The van der Waals surface area contributed by atoms with Crippen LogP contribution in [0.2, 0.25) is 0 Å². The van der Waals surface area contributed by atoms with Crippen LogP contribution in [0.4, 0.5) is 0 Å². The molecule has 0 aliphatic carbocycles. The highest BCUT2D eigenvalue weighted by Crippen LogP contribution is 2.24. The predicted octanol–water partition coefficient (Wildman–Crippen LogP) is 4.40. The van der Waals surface area contributed by atoms with Crippen LogP contribution in [0, 0.1) is 5.92 Å². The highest BCUT2D eigenvalue weighted by atomic mass is 16.3. The third kappa shape index (κ3) is 3.10. The van der Waals surface area contributed by atoms with Gasteiger partial charge in [0.1, 0.15) is 11.4 Å². The minimum absolute atomic E-state index is 0.104. The van der Waals surface area contributed by atoms with Crippen LogP contribution in [0.3, 0.4) is 0 Å². The van der Waals surface area contributed by atoms with Crippen LogP contribution in [-0.4, -0.2) is 33.9 Å². The summed E-state index contributed by atoms with van der Waals surface area (Å²) in [6.07, 6.45) is 4.69. The molecule has 1 saturated heterocycles. The number of piperidine rings is 1. The molecule has 2 aromatic heterocycles. The number of likely N-dealkylation sites (tertiary alicyclic amines) is 1. The lowest BCUT2D eigenvalue weighted by atomic mass is 9.94. The number of amides is 1. The van der Waals surface area contributed by atoms with E-state index in [1.54, 1.807) is 6.26 Å². The Kier molecular flexibility index (Phi) is 3.93. The Morgan fingerprint density at radius 1 is 1.22 bits per heavy atom. The second kappa shape index (κ2) is 6.58. The van der Waals surface area contributed by atoms with Crippen LogP contribution in [-0.2, 0) is 6.42 Å². The average molecular weight is 359 g/mol. The normalized spacial score (nSPS) is 17.6. The van der Waals surface area contributed by atoms with E-state index >= 15 is 0 Å². The van der Waals surface area contributed by atoms with Gasteiger partial charge in [0.05, 0.1) is 17.3 Å². The Morgan fingerprint density at radius 2 is 2.15 bits per heavy atom. The zero-order valence-corrected chi connectivity index (χ0v) is 15.0. The second-order valence-electron chi connectivity index (χ2n) is 7.34. The summed E-state index contributed by atoms with van der Waals surface area (Å²) in [4.78, 5) is 23.1. The van der Waals surface area contributed by atoms with E-state index in [1.165, 1.54) is 0 Å². The molecule has 0 radical (unpaired) electrons. The summed E-state index contributed by atoms with van der Waals surface area (Å²) in [7, 11) is 0. The molecule has 1 amide bonds. The smallest absolute Gasteiger partial charge is 0.253 e. The summed E-state index contributed by atoms with van der Waals surface area (Å²) in [5, 5.41) is 0.969. The number of fused-ring (bicyclic) bond motifs is 2. The molecule has 1 aliphatic rings. The van der Waals surface area contributed by atoms with E-state index in [1.807, 2.05) is 47.4 Å². The molecule has 27 heavy (non-hydrogen) atoms. The van der Waals surface area contributed by atoms with Crippen molar-refractivity contribution in [1.82, 2.24) is 14.9 Å². The van der Waals surface area contributed by atoms with E-state index in [2.05, 4.69) is 11.1 Å². The molecule has 1 aliphatic heterocycles. The van der Waals surface area contributed by atoms with Crippen molar-refractivity contribution >= 4 is 27.9 Å². The first kappa shape index (κ1) is 16.1. The lowest BCUT2D eigenvalue weighted by Crippen LogP contribution is -2.40. The van der Waals surface area contributed by atoms with Crippen molar-refractivity contribution in [2.75, 3.05) is 13.1 Å². The first-order valence-corrected chi connectivity index (χ1v) is 9.46. The Labute approximate surface area is 157 Å². The number of benzene rings is 2. The highest BCUT2D eigenvalue weighted by molar-refractivity contribution is 5.97. The quantitative estimate of drug-likeness (QED) is 0.589. The first-order valence-electron chi connectivity index (χ1n) is 9.46. The predicted molar refractivity (Wildman–Crippen MR) is 105 cm³/mol. The topological polar surface area (TPSA) is 62.1 Å². The summed E-state index contributed by atoms with van der Waals surface area (Å²) in [6.45, 7) is 1.60. The summed E-state index contributed by atoms with van der Waals surface area (Å²) in [5.41, 5.74) is 3.62. The monoisotopic (exact) mass is 359 g/mol. The molecule has 5 rings (SSSR count). The van der Waals surface area contributed by atoms with E-state index in [4.69, 9.17) is 9.40 Å². The number of aromatic nitrogens is 2. The van der Waals surface area contributed by atoms with Gasteiger partial charge in [0.15, 0.2) is 0 Å². The summed E-state index contributed by atoms with van der Waals surface area (Å²) >= 11 is 0. The van der Waals surface area contributed by atoms with Crippen LogP contribution in [0.25, 0.3) is 22.0 Å². The number of carbonyl (C=O) groups is 1. The van der Waals surface area contributed by atoms with Gasteiger partial charge in [-0.1, -0.05) is 12.1 Å². The number of H-pyrrole nitrogens is 1. The Hall–Kier alpha value is -3.08. The van der Waals surface area contributed by atoms with Gasteiger partial charge in [0.25, 0.3) is 5.91 Å². The van der Waals surface area contributed by atoms with E-state index in [-0.39, 0.29) is 5.91 Å². The number of furan rings is 1. The minimum atomic E-state index is 0.104. The van der Waals surface area contributed by atoms with Gasteiger partial charge < -0.3 is 14.3 Å². The Bertz CT molecular complexity index is 1080. The van der Waals surface area contributed by atoms with Gasteiger partial charge >= 0.3 is 0 Å². The molecule has 0 saturated carbocycles. The summed E-state index contributed by atoms with van der Waals surface area (Å²) in [5.74, 6) is 1.55. The van der Waals surface area contributed by atoms with E-state index < -0.39 is 0 Å². The maximum atomic E-state index is 13.0. The van der Waals surface area contributed by atoms with Gasteiger partial charge in [-0.05, 0) is 55.2 Å². The fraction of sp³-hybridized carbons (Fsp3) is 0.273. The Balaban J connectivity index is 1.31. The number of carbonyl (C=O) groups excluding carboxylic acids is 1. The molecule has 0 unspecified atom stereocenters. The van der Waals surface area contributed by atoms with E-state index in [0.717, 1.165) is 65.7 Å². The number of nitrogens with zero attached hydrogens (tertiary/aromatic N) is 2. The maximum absolute atomic E-state index is 13.0. The van der Waals surface area contributed by atoms with Crippen LogP contribution >= 0.6 is 0 Å². The zero-order valence-electron chi connectivity index (χ0n) is 15.0. The molecule has 136 valence electrons. The molecule has 2 aromatic carbocycles. The van der Waals surface area contributed by atoms with E-state index in [0.29, 0.717) is 5.92 Å². The van der Waals surface area contributed by atoms with Crippen molar-refractivity contribution in [3.8, 4) is 0 Å². The molecule has 0 spiro atoms. The van der Waals surface area contributed by atoms with Crippen LogP contribution < -0.4 is 0 Å². The standard InChI is InChI=1S/C22H21N3O2/c26-22(17-7-8-20-16(13-17)9-11-27-20)25-10-3-4-15(14-25)12-21-23-18-5-1-2-6-19(18)24-21/h1-2,5-9,11,13,15H,3-4,10,12,14H2,(H,23,24)/t15-/m0/s1. The Morgan fingerprint density at radius 3 is 3.07 bits per heavy atom. The van der Waals surface area contributed by atoms with Crippen LogP contribution in [0.5, 0.6) is 0 Å². The minimum Gasteiger partial charge on any atom is -0.464 e. The van der Waals surface area contributed by atoms with Gasteiger partial charge in [-0.3, -0.25) is 4.79 Å². The fourth-order valence-corrected chi connectivity index (χ4v) is 4.07. The number of rotatable bonds is 3. The summed E-state index contributed by atoms with van der Waals surface area (Å²) < 4.78 is 5.37. The van der Waals surface area contributed by atoms with Gasteiger partial charge in [0.2, 0.25) is 0 Å². The lowest BCUT2D eigenvalue weighted by Gasteiger charge is -2.32. The molecule has 4 aromatic rings. The highest BCUT2D eigenvalue weighted by Gasteiger charge is 2.25. The largest absolute Gasteiger partial charge is 0.464 e. The second-order valence-corrected chi connectivity index (χ2v) is 7.34.